The van der Waals surface area contributed by atoms with Gasteiger partial charge in [-0.25, -0.2) is 0 Å². The van der Waals surface area contributed by atoms with E-state index in [0.29, 0.717) is 13.0 Å². The summed E-state index contributed by atoms with van der Waals surface area (Å²) in [6.07, 6.45) is 1.30. The third kappa shape index (κ3) is 2.08. The fourth-order valence-corrected chi connectivity index (χ4v) is 1.63. The summed E-state index contributed by atoms with van der Waals surface area (Å²) in [7, 11) is 0. The molecule has 0 saturated carbocycles. The van der Waals surface area contributed by atoms with Crippen molar-refractivity contribution in [3.63, 3.8) is 0 Å². The SMILES string of the molecule is N#CCNc1ccc2c(c1)CCC(=O)N2. The molecule has 76 valence electrons. The highest BCUT2D eigenvalue weighted by atomic mass is 16.1. The van der Waals surface area contributed by atoms with Crippen molar-refractivity contribution in [2.45, 2.75) is 12.8 Å². The first-order valence-electron chi connectivity index (χ1n) is 4.83. The van der Waals surface area contributed by atoms with Gasteiger partial charge in [0.05, 0.1) is 6.07 Å². The van der Waals surface area contributed by atoms with Crippen LogP contribution in [0.3, 0.4) is 0 Å². The van der Waals surface area contributed by atoms with Gasteiger partial charge in [0, 0.05) is 17.8 Å². The number of nitriles is 1. The van der Waals surface area contributed by atoms with Crippen LogP contribution in [-0.2, 0) is 11.2 Å². The van der Waals surface area contributed by atoms with Crippen LogP contribution in [0.2, 0.25) is 0 Å². The molecule has 2 rings (SSSR count). The fraction of sp³-hybridized carbons (Fsp3) is 0.273. The van der Waals surface area contributed by atoms with Gasteiger partial charge in [-0.05, 0) is 30.2 Å². The minimum absolute atomic E-state index is 0.0697. The van der Waals surface area contributed by atoms with E-state index in [-0.39, 0.29) is 5.91 Å². The number of benzene rings is 1. The number of aryl methyl sites for hydroxylation is 1. The number of carbonyl (C=O) groups is 1. The van der Waals surface area contributed by atoms with E-state index in [1.807, 2.05) is 24.3 Å². The summed E-state index contributed by atoms with van der Waals surface area (Å²) >= 11 is 0. The normalized spacial score (nSPS) is 13.7. The Morgan fingerprint density at radius 3 is 3.13 bits per heavy atom. The highest BCUT2D eigenvalue weighted by molar-refractivity contribution is 5.94. The molecule has 15 heavy (non-hydrogen) atoms. The van der Waals surface area contributed by atoms with Crippen molar-refractivity contribution in [3.8, 4) is 6.07 Å². The number of anilines is 2. The average molecular weight is 201 g/mol. The van der Waals surface area contributed by atoms with Crippen molar-refractivity contribution >= 4 is 17.3 Å². The summed E-state index contributed by atoms with van der Waals surface area (Å²) in [6.45, 7) is 0.297. The van der Waals surface area contributed by atoms with Crippen LogP contribution < -0.4 is 10.6 Å². The Morgan fingerprint density at radius 2 is 2.33 bits per heavy atom. The van der Waals surface area contributed by atoms with Crippen molar-refractivity contribution in [2.24, 2.45) is 0 Å². The standard InChI is InChI=1S/C11H11N3O/c12-5-6-13-9-2-3-10-8(7-9)1-4-11(15)14-10/h2-3,7,13H,1,4,6H2,(H,14,15). The zero-order chi connectivity index (χ0) is 10.7. The molecule has 0 bridgehead atoms. The topological polar surface area (TPSA) is 64.9 Å². The van der Waals surface area contributed by atoms with Gasteiger partial charge in [0.15, 0.2) is 0 Å². The summed E-state index contributed by atoms with van der Waals surface area (Å²) in [6, 6.07) is 7.73. The van der Waals surface area contributed by atoms with Crippen molar-refractivity contribution in [1.29, 1.82) is 5.26 Å². The maximum atomic E-state index is 11.1. The molecule has 0 aromatic heterocycles. The molecular formula is C11H11N3O. The second-order valence-electron chi connectivity index (χ2n) is 3.43. The molecule has 4 heteroatoms. The Morgan fingerprint density at radius 1 is 1.47 bits per heavy atom. The first kappa shape index (κ1) is 9.53. The van der Waals surface area contributed by atoms with E-state index < -0.39 is 0 Å². The molecule has 1 aromatic rings. The lowest BCUT2D eigenvalue weighted by molar-refractivity contribution is -0.116. The molecule has 0 atom stereocenters. The van der Waals surface area contributed by atoms with Crippen molar-refractivity contribution in [2.75, 3.05) is 17.2 Å². The van der Waals surface area contributed by atoms with Crippen molar-refractivity contribution in [3.05, 3.63) is 23.8 Å². The minimum Gasteiger partial charge on any atom is -0.372 e. The molecule has 0 fully saturated rings. The molecule has 4 nitrogen and oxygen atoms in total. The van der Waals surface area contributed by atoms with Gasteiger partial charge in [0.25, 0.3) is 0 Å². The van der Waals surface area contributed by atoms with Crippen LogP contribution in [-0.4, -0.2) is 12.5 Å². The van der Waals surface area contributed by atoms with Gasteiger partial charge < -0.3 is 10.6 Å². The van der Waals surface area contributed by atoms with E-state index in [0.717, 1.165) is 23.4 Å². The predicted octanol–water partition coefficient (Wildman–Crippen LogP) is 1.51. The lowest BCUT2D eigenvalue weighted by Crippen LogP contribution is -2.18. The zero-order valence-electron chi connectivity index (χ0n) is 8.21. The van der Waals surface area contributed by atoms with Crippen LogP contribution in [0.15, 0.2) is 18.2 Å². The Hall–Kier alpha value is -2.02. The molecular weight excluding hydrogens is 190 g/mol. The van der Waals surface area contributed by atoms with Crippen molar-refractivity contribution in [1.82, 2.24) is 0 Å². The lowest BCUT2D eigenvalue weighted by Gasteiger charge is -2.17. The first-order chi connectivity index (χ1) is 7.29. The largest absolute Gasteiger partial charge is 0.372 e. The molecule has 1 aliphatic heterocycles. The van der Waals surface area contributed by atoms with E-state index in [1.165, 1.54) is 0 Å². The summed E-state index contributed by atoms with van der Waals surface area (Å²) in [5.74, 6) is 0.0697. The second kappa shape index (κ2) is 4.01. The maximum absolute atomic E-state index is 11.1. The molecule has 0 spiro atoms. The number of carbonyl (C=O) groups excluding carboxylic acids is 1. The minimum atomic E-state index is 0.0697. The van der Waals surface area contributed by atoms with E-state index in [2.05, 4.69) is 10.6 Å². The number of hydrogen-bond donors (Lipinski definition) is 2. The van der Waals surface area contributed by atoms with Crippen molar-refractivity contribution < 1.29 is 4.79 Å². The highest BCUT2D eigenvalue weighted by Gasteiger charge is 2.14. The molecule has 2 N–H and O–H groups in total. The summed E-state index contributed by atoms with van der Waals surface area (Å²) in [4.78, 5) is 11.1. The third-order valence-electron chi connectivity index (χ3n) is 2.37. The first-order valence-corrected chi connectivity index (χ1v) is 4.83. The number of hydrogen-bond acceptors (Lipinski definition) is 3. The van der Waals surface area contributed by atoms with Gasteiger partial charge in [-0.1, -0.05) is 0 Å². The Balaban J connectivity index is 2.20. The molecule has 0 saturated heterocycles. The van der Waals surface area contributed by atoms with Crippen LogP contribution in [0.25, 0.3) is 0 Å². The number of fused-ring (bicyclic) bond motifs is 1. The molecule has 1 amide bonds. The number of rotatable bonds is 2. The molecule has 1 aliphatic rings. The van der Waals surface area contributed by atoms with E-state index in [1.54, 1.807) is 0 Å². The van der Waals surface area contributed by atoms with E-state index in [4.69, 9.17) is 5.26 Å². The third-order valence-corrected chi connectivity index (χ3v) is 2.37. The average Bonchev–Trinajstić information content (AvgIpc) is 2.26. The molecule has 1 aromatic carbocycles. The van der Waals surface area contributed by atoms with Crippen LogP contribution in [0.4, 0.5) is 11.4 Å². The van der Waals surface area contributed by atoms with Crippen LogP contribution in [0.1, 0.15) is 12.0 Å². The maximum Gasteiger partial charge on any atom is 0.224 e. The monoisotopic (exact) mass is 201 g/mol. The van der Waals surface area contributed by atoms with Crippen LogP contribution in [0, 0.1) is 11.3 Å². The molecule has 1 heterocycles. The van der Waals surface area contributed by atoms with Crippen LogP contribution in [0.5, 0.6) is 0 Å². The molecule has 0 unspecified atom stereocenters. The Bertz CT molecular complexity index is 434. The molecule has 0 radical (unpaired) electrons. The lowest BCUT2D eigenvalue weighted by atomic mass is 10.0. The number of nitrogens with zero attached hydrogens (tertiary/aromatic N) is 1. The Kier molecular flexibility index (Phi) is 2.55. The Labute approximate surface area is 87.9 Å². The van der Waals surface area contributed by atoms with Crippen LogP contribution >= 0.6 is 0 Å². The molecule has 0 aliphatic carbocycles. The fourth-order valence-electron chi connectivity index (χ4n) is 1.63. The quantitative estimate of drug-likeness (QED) is 0.713. The van der Waals surface area contributed by atoms with Gasteiger partial charge in [-0.2, -0.15) is 5.26 Å². The van der Waals surface area contributed by atoms with E-state index >= 15 is 0 Å². The second-order valence-corrected chi connectivity index (χ2v) is 3.43. The van der Waals surface area contributed by atoms with Gasteiger partial charge in [0.1, 0.15) is 6.54 Å². The number of nitrogens with one attached hydrogen (secondary N) is 2. The van der Waals surface area contributed by atoms with Gasteiger partial charge in [-0.15, -0.1) is 0 Å². The zero-order valence-corrected chi connectivity index (χ0v) is 8.21. The highest BCUT2D eigenvalue weighted by Crippen LogP contribution is 2.25. The van der Waals surface area contributed by atoms with Gasteiger partial charge in [-0.3, -0.25) is 4.79 Å². The number of amides is 1. The summed E-state index contributed by atoms with van der Waals surface area (Å²) < 4.78 is 0. The van der Waals surface area contributed by atoms with Gasteiger partial charge in [0.2, 0.25) is 5.91 Å². The summed E-state index contributed by atoms with van der Waals surface area (Å²) in [5.41, 5.74) is 2.93. The van der Waals surface area contributed by atoms with E-state index in [9.17, 15) is 4.79 Å². The summed E-state index contributed by atoms with van der Waals surface area (Å²) in [5, 5.41) is 14.2. The smallest absolute Gasteiger partial charge is 0.224 e. The predicted molar refractivity (Wildman–Crippen MR) is 57.5 cm³/mol. The van der Waals surface area contributed by atoms with Gasteiger partial charge >= 0.3 is 0 Å².